The van der Waals surface area contributed by atoms with E-state index in [0.29, 0.717) is 28.3 Å². The predicted octanol–water partition coefficient (Wildman–Crippen LogP) is 4.71. The molecule has 9 nitrogen and oxygen atoms in total. The zero-order valence-corrected chi connectivity index (χ0v) is 22.1. The molecule has 0 atom stereocenters. The molecule has 10 heteroatoms. The highest BCUT2D eigenvalue weighted by molar-refractivity contribution is 7.80. The number of hydrogen-bond donors (Lipinski definition) is 4. The van der Waals surface area contributed by atoms with Crippen molar-refractivity contribution in [2.45, 2.75) is 76.2 Å². The number of oxazole rings is 1. The number of nitrogens with one attached hydrogen (secondary N) is 2. The van der Waals surface area contributed by atoms with Crippen LogP contribution in [-0.4, -0.2) is 43.8 Å². The molecule has 0 spiro atoms. The summed E-state index contributed by atoms with van der Waals surface area (Å²) in [5.74, 6) is 1.24. The molecular weight excluding hydrogens is 476 g/mol. The number of carbonyl (C=O) groups is 1. The van der Waals surface area contributed by atoms with Gasteiger partial charge in [0.25, 0.3) is 5.91 Å². The second kappa shape index (κ2) is 11.0. The van der Waals surface area contributed by atoms with Crippen molar-refractivity contribution in [3.05, 3.63) is 48.2 Å². The molecule has 0 aliphatic heterocycles. The molecule has 3 N–H and O–H groups in total. The number of amides is 1. The van der Waals surface area contributed by atoms with Crippen LogP contribution in [0, 0.1) is 5.92 Å². The number of nitrogens with zero attached hydrogens (tertiary/aromatic N) is 4. The van der Waals surface area contributed by atoms with E-state index >= 15 is 0 Å². The quantitative estimate of drug-likeness (QED) is 0.271. The van der Waals surface area contributed by atoms with Gasteiger partial charge in [-0.05, 0) is 71.3 Å². The van der Waals surface area contributed by atoms with Gasteiger partial charge in [-0.15, -0.1) is 0 Å². The predicted molar refractivity (Wildman–Crippen MR) is 144 cm³/mol. The zero-order chi connectivity index (χ0) is 25.9. The van der Waals surface area contributed by atoms with Crippen molar-refractivity contribution in [3.63, 3.8) is 0 Å². The van der Waals surface area contributed by atoms with Crippen molar-refractivity contribution in [2.75, 3.05) is 11.9 Å². The third-order valence-electron chi connectivity index (χ3n) is 6.52. The van der Waals surface area contributed by atoms with Gasteiger partial charge in [0.05, 0.1) is 11.7 Å². The van der Waals surface area contributed by atoms with E-state index < -0.39 is 11.5 Å². The Labute approximate surface area is 217 Å². The molecule has 4 rings (SSSR count). The molecule has 2 aromatic rings. The highest BCUT2D eigenvalue weighted by atomic mass is 32.1. The van der Waals surface area contributed by atoms with Gasteiger partial charge in [-0.25, -0.2) is 9.98 Å². The Morgan fingerprint density at radius 3 is 2.72 bits per heavy atom. The molecule has 0 aromatic carbocycles. The molecule has 2 saturated carbocycles. The third-order valence-corrected chi connectivity index (χ3v) is 7.04. The monoisotopic (exact) mass is 512 g/mol. The summed E-state index contributed by atoms with van der Waals surface area (Å²) in [6, 6.07) is 0.216. The number of aliphatic hydroxyl groups is 1. The molecule has 2 aliphatic rings. The lowest BCUT2D eigenvalue weighted by Crippen LogP contribution is -2.22. The van der Waals surface area contributed by atoms with Gasteiger partial charge in [0.2, 0.25) is 5.89 Å². The molecule has 2 heterocycles. The largest absolute Gasteiger partial charge is 0.444 e. The van der Waals surface area contributed by atoms with Gasteiger partial charge in [0.15, 0.2) is 5.69 Å². The Morgan fingerprint density at radius 2 is 2.06 bits per heavy atom. The average Bonchev–Trinajstić information content (AvgIpc) is 3.33. The lowest BCUT2D eigenvalue weighted by molar-refractivity contribution is 0.0732. The molecule has 1 amide bonds. The van der Waals surface area contributed by atoms with E-state index in [0.717, 1.165) is 43.7 Å². The highest BCUT2D eigenvalue weighted by Gasteiger charge is 2.29. The molecule has 0 bridgehead atoms. The topological polar surface area (TPSA) is 118 Å². The molecule has 2 aromatic heterocycles. The fraction of sp³-hybridized carbons (Fsp3) is 0.538. The normalized spacial score (nSPS) is 21.1. The maximum atomic E-state index is 13.0. The fourth-order valence-corrected chi connectivity index (χ4v) is 4.43. The number of aliphatic imine (C=N–C) groups is 1. The Bertz CT molecular complexity index is 1150. The minimum absolute atomic E-state index is 0.134. The zero-order valence-electron chi connectivity index (χ0n) is 21.2. The van der Waals surface area contributed by atoms with Crippen LogP contribution in [0.3, 0.4) is 0 Å². The number of aromatic nitrogens is 3. The van der Waals surface area contributed by atoms with E-state index in [1.165, 1.54) is 19.1 Å². The van der Waals surface area contributed by atoms with Crippen LogP contribution in [0.5, 0.6) is 0 Å². The van der Waals surface area contributed by atoms with Crippen LogP contribution < -0.4 is 10.6 Å². The van der Waals surface area contributed by atoms with Gasteiger partial charge in [-0.1, -0.05) is 6.58 Å². The molecule has 0 saturated heterocycles. The maximum absolute atomic E-state index is 13.0. The Kier molecular flexibility index (Phi) is 8.04. The van der Waals surface area contributed by atoms with Crippen molar-refractivity contribution in [2.24, 2.45) is 10.9 Å². The lowest BCUT2D eigenvalue weighted by Gasteiger charge is -2.26. The minimum Gasteiger partial charge on any atom is -0.444 e. The number of rotatable bonds is 10. The Hall–Kier alpha value is -2.85. The van der Waals surface area contributed by atoms with Crippen molar-refractivity contribution < 1.29 is 14.3 Å². The molecule has 0 radical (unpaired) electrons. The van der Waals surface area contributed by atoms with Crippen LogP contribution in [0.1, 0.15) is 87.4 Å². The molecule has 36 heavy (non-hydrogen) atoms. The fourth-order valence-electron chi connectivity index (χ4n) is 4.13. The first kappa shape index (κ1) is 26.2. The standard InChI is InChI=1S/C26H36N6O3S/c1-16(11-12-27-17(2)28-13-18-5-6-18)25-30-22(15-35-25)24(33)29-21-14-32(31-23(21)26(3,4)34)19-7-9-20(36)10-8-19/h11-12,14-15,18-20,28,34,36H,2,5-10,13H2,1,3-4H3,(H,29,33)/b16-11+,27-12-/t19-,20-. The van der Waals surface area contributed by atoms with E-state index in [9.17, 15) is 9.90 Å². The molecular formula is C26H36N6O3S. The number of carbonyl (C=O) groups excluding carboxylic acids is 1. The van der Waals surface area contributed by atoms with E-state index in [1.807, 2.05) is 11.6 Å². The summed E-state index contributed by atoms with van der Waals surface area (Å²) in [6.07, 6.45) is 13.0. The molecule has 194 valence electrons. The Balaban J connectivity index is 1.41. The minimum atomic E-state index is -1.22. The summed E-state index contributed by atoms with van der Waals surface area (Å²) in [7, 11) is 0. The van der Waals surface area contributed by atoms with Crippen LogP contribution in [0.4, 0.5) is 5.69 Å². The van der Waals surface area contributed by atoms with Crippen LogP contribution in [-0.2, 0) is 5.60 Å². The number of allylic oxidation sites excluding steroid dienone is 2. The first-order valence-corrected chi connectivity index (χ1v) is 13.0. The number of thiol groups is 1. The van der Waals surface area contributed by atoms with Gasteiger partial charge < -0.3 is 20.2 Å². The van der Waals surface area contributed by atoms with Crippen LogP contribution in [0.25, 0.3) is 5.57 Å². The third kappa shape index (κ3) is 6.88. The SMILES string of the molecule is C=C(/N=C\C=C(/C)c1nc(C(=O)Nc2cn([C@H]3CC[C@H](S)CC3)nc2C(C)(C)O)co1)NCC1CC1. The summed E-state index contributed by atoms with van der Waals surface area (Å²) in [5, 5.41) is 21.8. The van der Waals surface area contributed by atoms with Gasteiger partial charge in [0, 0.05) is 29.8 Å². The van der Waals surface area contributed by atoms with Crippen LogP contribution in [0.2, 0.25) is 0 Å². The van der Waals surface area contributed by atoms with E-state index in [1.54, 1.807) is 32.3 Å². The second-order valence-electron chi connectivity index (χ2n) is 10.3. The van der Waals surface area contributed by atoms with Gasteiger partial charge in [-0.2, -0.15) is 17.7 Å². The highest BCUT2D eigenvalue weighted by Crippen LogP contribution is 2.34. The summed E-state index contributed by atoms with van der Waals surface area (Å²) < 4.78 is 7.38. The van der Waals surface area contributed by atoms with Crippen molar-refractivity contribution in [1.29, 1.82) is 0 Å². The number of anilines is 1. The van der Waals surface area contributed by atoms with E-state index in [4.69, 9.17) is 4.42 Å². The summed E-state index contributed by atoms with van der Waals surface area (Å²) in [4.78, 5) is 21.6. The Morgan fingerprint density at radius 1 is 1.33 bits per heavy atom. The van der Waals surface area contributed by atoms with Crippen molar-refractivity contribution in [1.82, 2.24) is 20.1 Å². The van der Waals surface area contributed by atoms with E-state index in [-0.39, 0.29) is 11.7 Å². The van der Waals surface area contributed by atoms with E-state index in [2.05, 4.69) is 44.9 Å². The first-order valence-electron chi connectivity index (χ1n) is 12.5. The molecule has 0 unspecified atom stereocenters. The van der Waals surface area contributed by atoms with Crippen LogP contribution >= 0.6 is 12.6 Å². The lowest BCUT2D eigenvalue weighted by atomic mass is 9.95. The first-order chi connectivity index (χ1) is 17.1. The summed E-state index contributed by atoms with van der Waals surface area (Å²) >= 11 is 4.57. The smallest absolute Gasteiger partial charge is 0.277 e. The number of hydrogen-bond acceptors (Lipinski definition) is 8. The summed E-state index contributed by atoms with van der Waals surface area (Å²) in [5.41, 5.74) is 0.504. The molecule has 2 aliphatic carbocycles. The average molecular weight is 513 g/mol. The van der Waals surface area contributed by atoms with Crippen molar-refractivity contribution >= 4 is 36.0 Å². The van der Waals surface area contributed by atoms with Gasteiger partial charge >= 0.3 is 0 Å². The molecule has 2 fully saturated rings. The maximum Gasteiger partial charge on any atom is 0.277 e. The van der Waals surface area contributed by atoms with Gasteiger partial charge in [-0.3, -0.25) is 9.48 Å². The van der Waals surface area contributed by atoms with Crippen LogP contribution in [0.15, 0.2) is 40.3 Å². The summed E-state index contributed by atoms with van der Waals surface area (Å²) in [6.45, 7) is 9.93. The second-order valence-corrected chi connectivity index (χ2v) is 11.0. The van der Waals surface area contributed by atoms with Crippen molar-refractivity contribution in [3.8, 4) is 0 Å². The van der Waals surface area contributed by atoms with Gasteiger partial charge in [0.1, 0.15) is 23.4 Å².